The zero-order valence-corrected chi connectivity index (χ0v) is 10.3. The SMILES string of the molecule is Cc1cccc2cnc(CC3CCNCC3)n12. The minimum atomic E-state index is 0.793. The summed E-state index contributed by atoms with van der Waals surface area (Å²) < 4.78 is 2.29. The van der Waals surface area contributed by atoms with E-state index in [1.165, 1.54) is 29.9 Å². The molecule has 0 aromatic carbocycles. The van der Waals surface area contributed by atoms with Gasteiger partial charge in [0.05, 0.1) is 11.7 Å². The zero-order chi connectivity index (χ0) is 11.7. The van der Waals surface area contributed by atoms with Gasteiger partial charge in [-0.3, -0.25) is 0 Å². The largest absolute Gasteiger partial charge is 0.317 e. The third kappa shape index (κ3) is 2.07. The number of pyridine rings is 1. The van der Waals surface area contributed by atoms with Crippen molar-refractivity contribution in [3.8, 4) is 0 Å². The Labute approximate surface area is 102 Å². The van der Waals surface area contributed by atoms with Gasteiger partial charge in [0.2, 0.25) is 0 Å². The number of hydrogen-bond donors (Lipinski definition) is 1. The molecule has 2 aromatic heterocycles. The first-order valence-corrected chi connectivity index (χ1v) is 6.47. The van der Waals surface area contributed by atoms with E-state index < -0.39 is 0 Å². The highest BCUT2D eigenvalue weighted by Crippen LogP contribution is 2.19. The average Bonchev–Trinajstić information content (AvgIpc) is 2.75. The second-order valence-electron chi connectivity index (χ2n) is 5.00. The van der Waals surface area contributed by atoms with E-state index in [1.54, 1.807) is 0 Å². The minimum absolute atomic E-state index is 0.793. The van der Waals surface area contributed by atoms with E-state index in [0.29, 0.717) is 0 Å². The standard InChI is InChI=1S/C14H19N3/c1-11-3-2-4-13-10-16-14(17(11)13)9-12-5-7-15-8-6-12/h2-4,10,12,15H,5-9H2,1H3. The monoisotopic (exact) mass is 229 g/mol. The van der Waals surface area contributed by atoms with Gasteiger partial charge < -0.3 is 9.72 Å². The van der Waals surface area contributed by atoms with Crippen molar-refractivity contribution in [2.75, 3.05) is 13.1 Å². The van der Waals surface area contributed by atoms with Gasteiger partial charge in [0.1, 0.15) is 5.82 Å². The lowest BCUT2D eigenvalue weighted by molar-refractivity contribution is 0.366. The number of fused-ring (bicyclic) bond motifs is 1. The smallest absolute Gasteiger partial charge is 0.113 e. The van der Waals surface area contributed by atoms with Crippen molar-refractivity contribution in [1.29, 1.82) is 0 Å². The molecule has 0 atom stereocenters. The Hall–Kier alpha value is -1.35. The summed E-state index contributed by atoms with van der Waals surface area (Å²) in [4.78, 5) is 4.59. The molecule has 3 nitrogen and oxygen atoms in total. The first-order valence-electron chi connectivity index (χ1n) is 6.47. The van der Waals surface area contributed by atoms with Gasteiger partial charge >= 0.3 is 0 Å². The molecule has 0 spiro atoms. The maximum atomic E-state index is 4.59. The van der Waals surface area contributed by atoms with Crippen molar-refractivity contribution in [2.45, 2.75) is 26.2 Å². The van der Waals surface area contributed by atoms with Crippen LogP contribution in [0.1, 0.15) is 24.4 Å². The van der Waals surface area contributed by atoms with Crippen LogP contribution in [0.5, 0.6) is 0 Å². The lowest BCUT2D eigenvalue weighted by Gasteiger charge is -2.22. The van der Waals surface area contributed by atoms with Gasteiger partial charge in [-0.05, 0) is 50.9 Å². The Morgan fingerprint density at radius 2 is 2.18 bits per heavy atom. The number of nitrogens with zero attached hydrogens (tertiary/aromatic N) is 2. The van der Waals surface area contributed by atoms with Gasteiger partial charge in [-0.2, -0.15) is 0 Å². The molecule has 17 heavy (non-hydrogen) atoms. The summed E-state index contributed by atoms with van der Waals surface area (Å²) in [6, 6.07) is 6.38. The van der Waals surface area contributed by atoms with Crippen LogP contribution < -0.4 is 5.32 Å². The van der Waals surface area contributed by atoms with E-state index in [-0.39, 0.29) is 0 Å². The van der Waals surface area contributed by atoms with Gasteiger partial charge in [0, 0.05) is 12.1 Å². The second kappa shape index (κ2) is 4.49. The summed E-state index contributed by atoms with van der Waals surface area (Å²) in [6.07, 6.45) is 5.66. The summed E-state index contributed by atoms with van der Waals surface area (Å²) in [7, 11) is 0. The molecule has 1 aliphatic heterocycles. The van der Waals surface area contributed by atoms with Gasteiger partial charge in [-0.1, -0.05) is 6.07 Å². The summed E-state index contributed by atoms with van der Waals surface area (Å²) in [5, 5.41) is 3.42. The van der Waals surface area contributed by atoms with Crippen molar-refractivity contribution < 1.29 is 0 Å². The molecule has 3 heterocycles. The molecule has 0 radical (unpaired) electrons. The maximum absolute atomic E-state index is 4.59. The predicted molar refractivity (Wildman–Crippen MR) is 69.2 cm³/mol. The highest BCUT2D eigenvalue weighted by Gasteiger charge is 2.16. The fourth-order valence-corrected chi connectivity index (χ4v) is 2.78. The number of aryl methyl sites for hydroxylation is 1. The van der Waals surface area contributed by atoms with Gasteiger partial charge in [-0.15, -0.1) is 0 Å². The van der Waals surface area contributed by atoms with Gasteiger partial charge in [0.15, 0.2) is 0 Å². The van der Waals surface area contributed by atoms with E-state index in [0.717, 1.165) is 25.4 Å². The molecule has 1 aliphatic rings. The van der Waals surface area contributed by atoms with Crippen LogP contribution in [-0.2, 0) is 6.42 Å². The number of imidazole rings is 1. The second-order valence-corrected chi connectivity index (χ2v) is 5.00. The Bertz CT molecular complexity index is 509. The maximum Gasteiger partial charge on any atom is 0.113 e. The van der Waals surface area contributed by atoms with Crippen molar-refractivity contribution in [2.24, 2.45) is 5.92 Å². The molecule has 1 saturated heterocycles. The van der Waals surface area contributed by atoms with Crippen molar-refractivity contribution in [3.63, 3.8) is 0 Å². The number of nitrogens with one attached hydrogen (secondary N) is 1. The molecule has 0 saturated carbocycles. The number of piperidine rings is 1. The van der Waals surface area contributed by atoms with Crippen LogP contribution in [0, 0.1) is 12.8 Å². The van der Waals surface area contributed by atoms with Crippen LogP contribution >= 0.6 is 0 Å². The topological polar surface area (TPSA) is 29.3 Å². The highest BCUT2D eigenvalue weighted by molar-refractivity contribution is 5.47. The molecule has 0 aliphatic carbocycles. The number of hydrogen-bond acceptors (Lipinski definition) is 2. The molecule has 3 heteroatoms. The normalized spacial score (nSPS) is 17.7. The van der Waals surface area contributed by atoms with Crippen molar-refractivity contribution in [1.82, 2.24) is 14.7 Å². The quantitative estimate of drug-likeness (QED) is 0.855. The van der Waals surface area contributed by atoms with Crippen LogP contribution in [0.3, 0.4) is 0 Å². The molecule has 1 fully saturated rings. The van der Waals surface area contributed by atoms with Gasteiger partial charge in [0.25, 0.3) is 0 Å². The fraction of sp³-hybridized carbons (Fsp3) is 0.500. The van der Waals surface area contributed by atoms with E-state index in [9.17, 15) is 0 Å². The Morgan fingerprint density at radius 3 is 3.00 bits per heavy atom. The lowest BCUT2D eigenvalue weighted by Crippen LogP contribution is -2.29. The number of aromatic nitrogens is 2. The Morgan fingerprint density at radius 1 is 1.35 bits per heavy atom. The molecular formula is C14H19N3. The van der Waals surface area contributed by atoms with Crippen molar-refractivity contribution >= 4 is 5.52 Å². The highest BCUT2D eigenvalue weighted by atomic mass is 15.0. The van der Waals surface area contributed by atoms with Crippen LogP contribution in [-0.4, -0.2) is 22.5 Å². The lowest BCUT2D eigenvalue weighted by atomic mass is 9.94. The third-order valence-corrected chi connectivity index (χ3v) is 3.75. The molecule has 2 aromatic rings. The van der Waals surface area contributed by atoms with E-state index in [4.69, 9.17) is 0 Å². The minimum Gasteiger partial charge on any atom is -0.317 e. The van der Waals surface area contributed by atoms with E-state index in [2.05, 4.69) is 39.8 Å². The first kappa shape index (κ1) is 10.8. The third-order valence-electron chi connectivity index (χ3n) is 3.75. The Balaban J connectivity index is 1.89. The van der Waals surface area contributed by atoms with Crippen LogP contribution in [0.4, 0.5) is 0 Å². The Kier molecular flexibility index (Phi) is 2.85. The van der Waals surface area contributed by atoms with E-state index >= 15 is 0 Å². The molecule has 90 valence electrons. The average molecular weight is 229 g/mol. The molecular weight excluding hydrogens is 210 g/mol. The molecule has 0 unspecified atom stereocenters. The van der Waals surface area contributed by atoms with Crippen LogP contribution in [0.2, 0.25) is 0 Å². The molecule has 0 bridgehead atoms. The molecule has 0 amide bonds. The summed E-state index contributed by atoms with van der Waals surface area (Å²) in [5.41, 5.74) is 2.50. The van der Waals surface area contributed by atoms with Gasteiger partial charge in [-0.25, -0.2) is 4.98 Å². The summed E-state index contributed by atoms with van der Waals surface area (Å²) >= 11 is 0. The molecule has 3 rings (SSSR count). The van der Waals surface area contributed by atoms with Crippen LogP contribution in [0.15, 0.2) is 24.4 Å². The first-order chi connectivity index (χ1) is 8.34. The fourth-order valence-electron chi connectivity index (χ4n) is 2.78. The molecule has 1 N–H and O–H groups in total. The zero-order valence-electron chi connectivity index (χ0n) is 10.3. The summed E-state index contributed by atoms with van der Waals surface area (Å²) in [5.74, 6) is 2.02. The summed E-state index contributed by atoms with van der Waals surface area (Å²) in [6.45, 7) is 4.47. The van der Waals surface area contributed by atoms with Crippen LogP contribution in [0.25, 0.3) is 5.52 Å². The van der Waals surface area contributed by atoms with E-state index in [1.807, 2.05) is 6.20 Å². The predicted octanol–water partition coefficient (Wildman–Crippen LogP) is 2.18. The number of rotatable bonds is 2. The van der Waals surface area contributed by atoms with Crippen molar-refractivity contribution in [3.05, 3.63) is 35.9 Å².